The number of hydrogen-bond acceptors (Lipinski definition) is 7. The smallest absolute Gasteiger partial charge is 0.231 e. The third kappa shape index (κ3) is 3.42. The number of ketones is 1. The first-order chi connectivity index (χ1) is 16.2. The minimum absolute atomic E-state index is 0.146. The highest BCUT2D eigenvalue weighted by Crippen LogP contribution is 2.43. The van der Waals surface area contributed by atoms with Gasteiger partial charge >= 0.3 is 0 Å². The highest BCUT2D eigenvalue weighted by Gasteiger charge is 2.34. The molecule has 0 atom stereocenters. The number of methoxy groups -OCH3 is 1. The van der Waals surface area contributed by atoms with Crippen LogP contribution in [-0.2, 0) is 6.54 Å². The molecule has 3 aromatic rings. The predicted molar refractivity (Wildman–Crippen MR) is 121 cm³/mol. The second-order valence-corrected chi connectivity index (χ2v) is 7.93. The van der Waals surface area contributed by atoms with E-state index in [-0.39, 0.29) is 11.5 Å². The van der Waals surface area contributed by atoms with Gasteiger partial charge in [0, 0.05) is 11.8 Å². The fourth-order valence-corrected chi connectivity index (χ4v) is 4.24. The molecular formula is C26H21NO6. The van der Waals surface area contributed by atoms with Gasteiger partial charge in [-0.3, -0.25) is 4.79 Å². The normalized spacial score (nSPS) is 17.2. The average Bonchev–Trinajstić information content (AvgIpc) is 3.19. The zero-order valence-corrected chi connectivity index (χ0v) is 18.0. The number of carbonyl (C=O) groups is 1. The van der Waals surface area contributed by atoms with E-state index in [9.17, 15) is 4.79 Å². The van der Waals surface area contributed by atoms with Gasteiger partial charge in [0.05, 0.1) is 24.8 Å². The van der Waals surface area contributed by atoms with Crippen LogP contribution in [0.2, 0.25) is 0 Å². The van der Waals surface area contributed by atoms with Gasteiger partial charge in [-0.25, -0.2) is 0 Å². The molecule has 166 valence electrons. The molecule has 0 unspecified atom stereocenters. The Balaban J connectivity index is 1.31. The average molecular weight is 443 g/mol. The third-order valence-corrected chi connectivity index (χ3v) is 5.91. The van der Waals surface area contributed by atoms with Crippen molar-refractivity contribution in [1.29, 1.82) is 0 Å². The molecule has 3 aromatic carbocycles. The molecular weight excluding hydrogens is 422 g/mol. The molecule has 7 heteroatoms. The van der Waals surface area contributed by atoms with E-state index in [1.165, 1.54) is 0 Å². The summed E-state index contributed by atoms with van der Waals surface area (Å²) in [5.74, 6) is 3.58. The van der Waals surface area contributed by atoms with Crippen LogP contribution < -0.4 is 28.6 Å². The fraction of sp³-hybridized carbons (Fsp3) is 0.192. The zero-order chi connectivity index (χ0) is 22.4. The van der Waals surface area contributed by atoms with Gasteiger partial charge in [0.15, 0.2) is 24.0 Å². The number of Topliss-reactive ketones (excluding diaryl/α,β-unsaturated/α-hetero) is 1. The molecule has 0 fully saturated rings. The molecule has 0 saturated heterocycles. The van der Waals surface area contributed by atoms with Crippen LogP contribution in [-0.4, -0.2) is 32.8 Å². The number of allylic oxidation sites excluding steroid dienone is 1. The number of ether oxygens (including phenoxy) is 5. The van der Waals surface area contributed by atoms with Crippen molar-refractivity contribution in [2.75, 3.05) is 32.0 Å². The molecule has 0 bridgehead atoms. The highest BCUT2D eigenvalue weighted by atomic mass is 16.6. The van der Waals surface area contributed by atoms with Gasteiger partial charge in [0.2, 0.25) is 5.78 Å². The minimum Gasteiger partial charge on any atom is -0.497 e. The molecule has 0 saturated carbocycles. The van der Waals surface area contributed by atoms with E-state index >= 15 is 0 Å². The maximum absolute atomic E-state index is 13.0. The molecule has 0 spiro atoms. The molecule has 33 heavy (non-hydrogen) atoms. The topological polar surface area (TPSA) is 66.5 Å². The van der Waals surface area contributed by atoms with Crippen molar-refractivity contribution in [2.45, 2.75) is 6.54 Å². The third-order valence-electron chi connectivity index (χ3n) is 5.91. The Morgan fingerprint density at radius 2 is 1.79 bits per heavy atom. The summed E-state index contributed by atoms with van der Waals surface area (Å²) in [7, 11) is 1.61. The Hall–Kier alpha value is -4.13. The van der Waals surface area contributed by atoms with Crippen molar-refractivity contribution in [3.8, 4) is 28.7 Å². The molecule has 0 radical (unpaired) electrons. The number of carbonyl (C=O) groups excluding carboxylic acids is 1. The second kappa shape index (κ2) is 7.78. The Kier molecular flexibility index (Phi) is 4.61. The van der Waals surface area contributed by atoms with Gasteiger partial charge in [-0.1, -0.05) is 12.1 Å². The number of hydrogen-bond donors (Lipinski definition) is 0. The standard InChI is InChI=1S/C26H21NO6/c1-29-18-4-2-3-16(11-18)12-24-25(28)19-6-8-21-20(26(19)33-24)14-27(15-32-21)17-5-7-22-23(13-17)31-10-9-30-22/h2-8,11-13H,9-10,14-15H2,1H3/b24-12-. The largest absolute Gasteiger partial charge is 0.497 e. The number of nitrogens with zero attached hydrogens (tertiary/aromatic N) is 1. The number of fused-ring (bicyclic) bond motifs is 4. The second-order valence-electron chi connectivity index (χ2n) is 7.93. The van der Waals surface area contributed by atoms with Gasteiger partial charge in [-0.05, 0) is 48.0 Å². The van der Waals surface area contributed by atoms with E-state index in [1.54, 1.807) is 19.3 Å². The summed E-state index contributed by atoms with van der Waals surface area (Å²) in [5.41, 5.74) is 3.15. The molecule has 0 aliphatic carbocycles. The number of rotatable bonds is 3. The van der Waals surface area contributed by atoms with Crippen LogP contribution in [0.3, 0.4) is 0 Å². The van der Waals surface area contributed by atoms with Crippen LogP contribution in [0.25, 0.3) is 6.08 Å². The van der Waals surface area contributed by atoms with Gasteiger partial charge in [-0.15, -0.1) is 0 Å². The summed E-state index contributed by atoms with van der Waals surface area (Å²) >= 11 is 0. The lowest BCUT2D eigenvalue weighted by Crippen LogP contribution is -2.32. The zero-order valence-electron chi connectivity index (χ0n) is 18.0. The Morgan fingerprint density at radius 3 is 2.67 bits per heavy atom. The highest BCUT2D eigenvalue weighted by molar-refractivity contribution is 6.15. The Morgan fingerprint density at radius 1 is 0.939 bits per heavy atom. The van der Waals surface area contributed by atoms with E-state index in [0.717, 1.165) is 34.1 Å². The summed E-state index contributed by atoms with van der Waals surface area (Å²) in [5, 5.41) is 0. The maximum Gasteiger partial charge on any atom is 0.231 e. The lowest BCUT2D eigenvalue weighted by Gasteiger charge is -2.32. The molecule has 7 nitrogen and oxygen atoms in total. The van der Waals surface area contributed by atoms with Crippen LogP contribution in [0.1, 0.15) is 21.5 Å². The first-order valence-electron chi connectivity index (χ1n) is 10.7. The molecule has 0 aromatic heterocycles. The van der Waals surface area contributed by atoms with Crippen molar-refractivity contribution in [2.24, 2.45) is 0 Å². The summed E-state index contributed by atoms with van der Waals surface area (Å²) in [4.78, 5) is 15.1. The molecule has 3 aliphatic heterocycles. The number of benzene rings is 3. The monoisotopic (exact) mass is 443 g/mol. The van der Waals surface area contributed by atoms with Crippen molar-refractivity contribution in [3.63, 3.8) is 0 Å². The summed E-state index contributed by atoms with van der Waals surface area (Å²) < 4.78 is 28.7. The summed E-state index contributed by atoms with van der Waals surface area (Å²) in [6.45, 7) is 2.00. The molecule has 3 aliphatic rings. The van der Waals surface area contributed by atoms with Crippen molar-refractivity contribution in [3.05, 3.63) is 77.0 Å². The van der Waals surface area contributed by atoms with Crippen LogP contribution in [0.15, 0.2) is 60.4 Å². The van der Waals surface area contributed by atoms with Crippen molar-refractivity contribution >= 4 is 17.5 Å². The predicted octanol–water partition coefficient (Wildman–Crippen LogP) is 4.44. The Bertz CT molecular complexity index is 1300. The molecule has 0 N–H and O–H groups in total. The maximum atomic E-state index is 13.0. The van der Waals surface area contributed by atoms with E-state index in [0.29, 0.717) is 43.6 Å². The van der Waals surface area contributed by atoms with Crippen molar-refractivity contribution < 1.29 is 28.5 Å². The van der Waals surface area contributed by atoms with Crippen LogP contribution in [0.5, 0.6) is 28.7 Å². The number of anilines is 1. The molecule has 3 heterocycles. The lowest BCUT2D eigenvalue weighted by atomic mass is 10.0. The van der Waals surface area contributed by atoms with Gasteiger partial charge in [-0.2, -0.15) is 0 Å². The van der Waals surface area contributed by atoms with Gasteiger partial charge in [0.25, 0.3) is 0 Å². The van der Waals surface area contributed by atoms with E-state index < -0.39 is 0 Å². The minimum atomic E-state index is -0.146. The molecule has 6 rings (SSSR count). The van der Waals surface area contributed by atoms with E-state index in [4.69, 9.17) is 23.7 Å². The summed E-state index contributed by atoms with van der Waals surface area (Å²) in [6, 6.07) is 16.9. The lowest BCUT2D eigenvalue weighted by molar-refractivity contribution is 0.101. The first kappa shape index (κ1) is 19.5. The van der Waals surface area contributed by atoms with E-state index in [1.807, 2.05) is 48.5 Å². The SMILES string of the molecule is COc1cccc(/C=C2\Oc3c(ccc4c3CN(c3ccc5c(c3)OCCO5)CO4)C2=O)c1. The van der Waals surface area contributed by atoms with Crippen LogP contribution in [0, 0.1) is 0 Å². The van der Waals surface area contributed by atoms with Crippen molar-refractivity contribution in [1.82, 2.24) is 0 Å². The fourth-order valence-electron chi connectivity index (χ4n) is 4.24. The first-order valence-corrected chi connectivity index (χ1v) is 10.7. The van der Waals surface area contributed by atoms with E-state index in [2.05, 4.69) is 4.90 Å². The molecule has 0 amide bonds. The van der Waals surface area contributed by atoms with Gasteiger partial charge in [0.1, 0.15) is 30.5 Å². The van der Waals surface area contributed by atoms with Gasteiger partial charge < -0.3 is 28.6 Å². The summed E-state index contributed by atoms with van der Waals surface area (Å²) in [6.07, 6.45) is 1.74. The Labute approximate surface area is 190 Å². The van der Waals surface area contributed by atoms with Crippen LogP contribution >= 0.6 is 0 Å². The van der Waals surface area contributed by atoms with Crippen LogP contribution in [0.4, 0.5) is 5.69 Å². The quantitative estimate of drug-likeness (QED) is 0.555.